The van der Waals surface area contributed by atoms with E-state index in [-0.39, 0.29) is 13.4 Å². The van der Waals surface area contributed by atoms with Crippen LogP contribution in [0.25, 0.3) is 0 Å². The summed E-state index contributed by atoms with van der Waals surface area (Å²) in [6.45, 7) is 4.60. The Kier molecular flexibility index (Phi) is 7.32. The van der Waals surface area contributed by atoms with Crippen LogP contribution >= 0.6 is 22.6 Å². The lowest BCUT2D eigenvalue weighted by Crippen LogP contribution is -2.63. The number of para-hydroxylation sites is 4. The molecule has 4 heterocycles. The second-order valence-corrected chi connectivity index (χ2v) is 16.2. The molecule has 7 aromatic carbocycles. The SMILES string of the molecule is CCC[C@H](C)c1cc2c3c(c1)N(c1ccccc1)c1ccccc1B3c1cc3c(cc1O2)Oc1cc(I)cc2c1B3c1ccccc1N2c1ccccc1. The van der Waals surface area contributed by atoms with Crippen molar-refractivity contribution in [2.45, 2.75) is 32.6 Å². The molecule has 0 spiro atoms. The lowest BCUT2D eigenvalue weighted by molar-refractivity contribution is 0.465. The molecule has 0 amide bonds. The van der Waals surface area contributed by atoms with Gasteiger partial charge in [-0.25, -0.2) is 0 Å². The van der Waals surface area contributed by atoms with Crippen LogP contribution in [0.5, 0.6) is 23.0 Å². The van der Waals surface area contributed by atoms with Gasteiger partial charge < -0.3 is 19.3 Å². The maximum atomic E-state index is 7.10. The van der Waals surface area contributed by atoms with Crippen molar-refractivity contribution in [3.63, 3.8) is 0 Å². The summed E-state index contributed by atoms with van der Waals surface area (Å²) in [5, 5.41) is 0. The van der Waals surface area contributed by atoms with Crippen molar-refractivity contribution in [3.05, 3.63) is 155 Å². The maximum Gasteiger partial charge on any atom is 0.256 e. The highest BCUT2D eigenvalue weighted by molar-refractivity contribution is 14.1. The summed E-state index contributed by atoms with van der Waals surface area (Å²) >= 11 is 2.43. The third-order valence-corrected chi connectivity index (χ3v) is 12.4. The molecule has 0 radical (unpaired) electrons. The lowest BCUT2D eigenvalue weighted by atomic mass is 9.31. The van der Waals surface area contributed by atoms with Gasteiger partial charge in [0.2, 0.25) is 0 Å². The van der Waals surface area contributed by atoms with Gasteiger partial charge in [0.05, 0.1) is 0 Å². The molecule has 7 heteroatoms. The van der Waals surface area contributed by atoms with Crippen LogP contribution < -0.4 is 52.1 Å². The topological polar surface area (TPSA) is 24.9 Å². The van der Waals surface area contributed by atoms with Gasteiger partial charge in [0.15, 0.2) is 0 Å². The van der Waals surface area contributed by atoms with Crippen LogP contribution in [0.4, 0.5) is 34.1 Å². The number of hydrogen-bond donors (Lipinski definition) is 0. The van der Waals surface area contributed by atoms with Crippen LogP contribution in [0.15, 0.2) is 146 Å². The van der Waals surface area contributed by atoms with Crippen molar-refractivity contribution in [2.24, 2.45) is 0 Å². The molecular formula is C47H35B2IN2O2. The Morgan fingerprint density at radius 3 is 1.57 bits per heavy atom. The lowest BCUT2D eigenvalue weighted by Gasteiger charge is -2.42. The number of benzene rings is 7. The fraction of sp³-hybridized carbons (Fsp3) is 0.106. The number of anilines is 6. The molecule has 0 fully saturated rings. The van der Waals surface area contributed by atoms with E-state index in [2.05, 4.69) is 192 Å². The molecule has 0 saturated heterocycles. The smallest absolute Gasteiger partial charge is 0.256 e. The van der Waals surface area contributed by atoms with Crippen molar-refractivity contribution in [2.75, 3.05) is 9.80 Å². The Labute approximate surface area is 330 Å². The molecule has 7 aromatic rings. The van der Waals surface area contributed by atoms with Gasteiger partial charge in [-0.15, -0.1) is 0 Å². The number of ether oxygens (including phenoxy) is 2. The average molecular weight is 808 g/mol. The van der Waals surface area contributed by atoms with Crippen LogP contribution in [-0.2, 0) is 0 Å². The standard InChI is InChI=1S/C47H35B2IN2O2/c1-3-14-29(2)30-23-40-46-44(24-30)53-42-28-43-37(27-36(42)48(46)34-19-10-12-21-38(34)51(40)32-15-6-4-7-16-32)49-35-20-11-13-22-39(35)52(33-17-8-5-9-18-33)41-25-31(50)26-45(54-43)47(41)49/h4-13,15-29H,3,14H2,1-2H3/t29-/m0/s1. The van der Waals surface area contributed by atoms with Crippen molar-refractivity contribution >= 4 is 103 Å². The van der Waals surface area contributed by atoms with Gasteiger partial charge >= 0.3 is 0 Å². The minimum absolute atomic E-state index is 0.00463. The fourth-order valence-electron chi connectivity index (χ4n) is 9.47. The van der Waals surface area contributed by atoms with E-state index < -0.39 is 0 Å². The Bertz CT molecular complexity index is 2650. The number of halogens is 1. The molecule has 258 valence electrons. The van der Waals surface area contributed by atoms with Gasteiger partial charge in [0, 0.05) is 43.8 Å². The summed E-state index contributed by atoms with van der Waals surface area (Å²) in [6.07, 6.45) is 2.25. The van der Waals surface area contributed by atoms with Crippen molar-refractivity contribution in [1.29, 1.82) is 0 Å². The highest BCUT2D eigenvalue weighted by atomic mass is 127. The predicted octanol–water partition coefficient (Wildman–Crippen LogP) is 9.01. The number of nitrogens with zero attached hydrogens (tertiary/aromatic N) is 2. The highest BCUT2D eigenvalue weighted by Crippen LogP contribution is 2.45. The van der Waals surface area contributed by atoms with Crippen LogP contribution in [0, 0.1) is 3.57 Å². The first kappa shape index (κ1) is 32.1. The van der Waals surface area contributed by atoms with E-state index in [1.807, 2.05) is 0 Å². The van der Waals surface area contributed by atoms with E-state index >= 15 is 0 Å². The monoisotopic (exact) mass is 808 g/mol. The molecule has 1 atom stereocenters. The normalized spacial score (nSPS) is 14.4. The molecule has 4 nitrogen and oxygen atoms in total. The van der Waals surface area contributed by atoms with E-state index in [4.69, 9.17) is 9.47 Å². The van der Waals surface area contributed by atoms with Crippen LogP contribution in [0.1, 0.15) is 38.2 Å². The van der Waals surface area contributed by atoms with Gasteiger partial charge in [-0.2, -0.15) is 0 Å². The van der Waals surface area contributed by atoms with E-state index in [0.717, 1.165) is 56.5 Å². The molecule has 0 aliphatic carbocycles. The second-order valence-electron chi connectivity index (χ2n) is 14.9. The van der Waals surface area contributed by atoms with Crippen molar-refractivity contribution < 1.29 is 9.47 Å². The first-order chi connectivity index (χ1) is 26.6. The van der Waals surface area contributed by atoms with Gasteiger partial charge in [0.25, 0.3) is 13.4 Å². The van der Waals surface area contributed by atoms with Crippen LogP contribution in [0.2, 0.25) is 0 Å². The molecule has 0 saturated carbocycles. The Hall–Kier alpha value is -5.40. The summed E-state index contributed by atoms with van der Waals surface area (Å²) in [5.41, 5.74) is 15.7. The summed E-state index contributed by atoms with van der Waals surface area (Å²) < 4.78 is 15.2. The molecule has 0 aromatic heterocycles. The summed E-state index contributed by atoms with van der Waals surface area (Å²) in [6, 6.07) is 53.1. The zero-order valence-electron chi connectivity index (χ0n) is 30.1. The summed E-state index contributed by atoms with van der Waals surface area (Å²) in [7, 11) is 0. The zero-order chi connectivity index (χ0) is 36.1. The Morgan fingerprint density at radius 1 is 0.519 bits per heavy atom. The molecule has 0 bridgehead atoms. The molecule has 0 unspecified atom stereocenters. The largest absolute Gasteiger partial charge is 0.458 e. The van der Waals surface area contributed by atoms with Gasteiger partial charge in [-0.05, 0) is 134 Å². The van der Waals surface area contributed by atoms with E-state index in [1.54, 1.807) is 0 Å². The second kappa shape index (κ2) is 12.3. The van der Waals surface area contributed by atoms with Crippen LogP contribution in [-0.4, -0.2) is 13.4 Å². The van der Waals surface area contributed by atoms with Gasteiger partial charge in [-0.3, -0.25) is 0 Å². The van der Waals surface area contributed by atoms with Gasteiger partial charge in [-0.1, -0.05) is 99.1 Å². The molecule has 0 N–H and O–H groups in total. The molecular weight excluding hydrogens is 773 g/mol. The number of fused-ring (bicyclic) bond motifs is 8. The Balaban J connectivity index is 1.15. The van der Waals surface area contributed by atoms with E-state index in [0.29, 0.717) is 5.92 Å². The first-order valence-electron chi connectivity index (χ1n) is 19.0. The van der Waals surface area contributed by atoms with Crippen molar-refractivity contribution in [1.82, 2.24) is 0 Å². The fourth-order valence-corrected chi connectivity index (χ4v) is 10.1. The summed E-state index contributed by atoms with van der Waals surface area (Å²) in [4.78, 5) is 4.85. The average Bonchev–Trinajstić information content (AvgIpc) is 3.20. The maximum absolute atomic E-state index is 7.10. The number of hydrogen-bond acceptors (Lipinski definition) is 4. The van der Waals surface area contributed by atoms with E-state index in [9.17, 15) is 0 Å². The summed E-state index contributed by atoms with van der Waals surface area (Å²) in [5.74, 6) is 3.96. The third kappa shape index (κ3) is 4.70. The molecule has 11 rings (SSSR count). The first-order valence-corrected chi connectivity index (χ1v) is 20.1. The minimum atomic E-state index is -0.00650. The predicted molar refractivity (Wildman–Crippen MR) is 234 cm³/mol. The quantitative estimate of drug-likeness (QED) is 0.128. The third-order valence-electron chi connectivity index (χ3n) is 11.8. The molecule has 4 aliphatic heterocycles. The van der Waals surface area contributed by atoms with Gasteiger partial charge in [0.1, 0.15) is 23.0 Å². The Morgan fingerprint density at radius 2 is 1.02 bits per heavy atom. The zero-order valence-corrected chi connectivity index (χ0v) is 32.2. The molecule has 54 heavy (non-hydrogen) atoms. The van der Waals surface area contributed by atoms with Crippen LogP contribution in [0.3, 0.4) is 0 Å². The van der Waals surface area contributed by atoms with E-state index in [1.165, 1.54) is 55.4 Å². The minimum Gasteiger partial charge on any atom is -0.458 e. The highest BCUT2D eigenvalue weighted by Gasteiger charge is 2.46. The van der Waals surface area contributed by atoms with Crippen molar-refractivity contribution in [3.8, 4) is 23.0 Å². The molecule has 4 aliphatic rings. The number of rotatable bonds is 5.